The van der Waals surface area contributed by atoms with Crippen LogP contribution in [-0.2, 0) is 4.79 Å². The van der Waals surface area contributed by atoms with E-state index in [1.165, 1.54) is 18.4 Å². The average molecular weight is 455 g/mol. The molecule has 4 rings (SSSR count). The predicted octanol–water partition coefficient (Wildman–Crippen LogP) is 7.18. The van der Waals surface area contributed by atoms with Crippen LogP contribution in [0.15, 0.2) is 35.5 Å². The molecular formula is C30H46O3. The van der Waals surface area contributed by atoms with Gasteiger partial charge in [0.25, 0.3) is 0 Å². The fourth-order valence-electron chi connectivity index (χ4n) is 8.99. The number of fused-ring (bicyclic) bond motifs is 5. The molecule has 3 fully saturated rings. The largest absolute Gasteiger partial charge is 0.478 e. The van der Waals surface area contributed by atoms with Crippen molar-refractivity contribution >= 4 is 5.97 Å². The second-order valence-corrected chi connectivity index (χ2v) is 13.1. The van der Waals surface area contributed by atoms with Crippen molar-refractivity contribution in [3.8, 4) is 0 Å². The van der Waals surface area contributed by atoms with Crippen LogP contribution in [0, 0.1) is 45.8 Å². The maximum atomic E-state index is 11.1. The van der Waals surface area contributed by atoms with Gasteiger partial charge in [0.05, 0.1) is 6.10 Å². The summed E-state index contributed by atoms with van der Waals surface area (Å²) < 4.78 is 0. The SMILES string of the molecule is C=C1CC2C(=CCC3C(C)(C)C(O)CCC23C)C2(C)CCC(C(C)CCC=C(C)C(=O)O)C12. The molecule has 0 aliphatic heterocycles. The smallest absolute Gasteiger partial charge is 0.330 e. The van der Waals surface area contributed by atoms with Crippen LogP contribution in [0.2, 0.25) is 0 Å². The third kappa shape index (κ3) is 3.77. The molecule has 3 saturated carbocycles. The first-order chi connectivity index (χ1) is 15.3. The zero-order chi connectivity index (χ0) is 24.3. The molecule has 0 amide bonds. The Hall–Kier alpha value is -1.35. The Morgan fingerprint density at radius 3 is 2.61 bits per heavy atom. The van der Waals surface area contributed by atoms with Crippen LogP contribution >= 0.6 is 0 Å². The summed E-state index contributed by atoms with van der Waals surface area (Å²) in [4.78, 5) is 11.1. The molecule has 0 saturated heterocycles. The maximum Gasteiger partial charge on any atom is 0.330 e. The number of aliphatic hydroxyl groups excluding tert-OH is 1. The summed E-state index contributed by atoms with van der Waals surface area (Å²) in [6.07, 6.45) is 12.9. The highest BCUT2D eigenvalue weighted by Gasteiger charge is 2.62. The first-order valence-corrected chi connectivity index (χ1v) is 13.3. The minimum Gasteiger partial charge on any atom is -0.478 e. The summed E-state index contributed by atoms with van der Waals surface area (Å²) in [5.41, 5.74) is 4.04. The van der Waals surface area contributed by atoms with Gasteiger partial charge in [0.15, 0.2) is 0 Å². The fourth-order valence-corrected chi connectivity index (χ4v) is 8.99. The molecular weight excluding hydrogens is 408 g/mol. The van der Waals surface area contributed by atoms with Crippen molar-refractivity contribution in [3.05, 3.63) is 35.5 Å². The first-order valence-electron chi connectivity index (χ1n) is 13.3. The second-order valence-electron chi connectivity index (χ2n) is 13.1. The number of hydrogen-bond donors (Lipinski definition) is 2. The zero-order valence-electron chi connectivity index (χ0n) is 21.8. The molecule has 0 aromatic carbocycles. The van der Waals surface area contributed by atoms with Crippen LogP contribution < -0.4 is 0 Å². The van der Waals surface area contributed by atoms with E-state index in [2.05, 4.69) is 40.7 Å². The molecule has 0 aromatic rings. The maximum absolute atomic E-state index is 11.1. The highest BCUT2D eigenvalue weighted by Crippen LogP contribution is 2.70. The van der Waals surface area contributed by atoms with E-state index in [0.717, 1.165) is 38.5 Å². The van der Waals surface area contributed by atoms with Gasteiger partial charge >= 0.3 is 5.97 Å². The van der Waals surface area contributed by atoms with Gasteiger partial charge in [-0.25, -0.2) is 4.79 Å². The normalized spacial score (nSPS) is 43.2. The second kappa shape index (κ2) is 8.40. The van der Waals surface area contributed by atoms with Gasteiger partial charge in [0.1, 0.15) is 0 Å². The van der Waals surface area contributed by atoms with E-state index in [9.17, 15) is 9.90 Å². The minimum atomic E-state index is -0.808. The summed E-state index contributed by atoms with van der Waals surface area (Å²) in [5, 5.41) is 19.9. The highest BCUT2D eigenvalue weighted by molar-refractivity contribution is 5.85. The third-order valence-electron chi connectivity index (χ3n) is 11.1. The first kappa shape index (κ1) is 24.8. The van der Waals surface area contributed by atoms with Crippen molar-refractivity contribution in [3.63, 3.8) is 0 Å². The van der Waals surface area contributed by atoms with Crippen LogP contribution in [0.25, 0.3) is 0 Å². The van der Waals surface area contributed by atoms with Gasteiger partial charge in [-0.2, -0.15) is 0 Å². The molecule has 0 aromatic heterocycles. The van der Waals surface area contributed by atoms with Crippen LogP contribution in [0.3, 0.4) is 0 Å². The number of allylic oxidation sites excluding steroid dienone is 4. The lowest BCUT2D eigenvalue weighted by Gasteiger charge is -2.62. The van der Waals surface area contributed by atoms with Crippen molar-refractivity contribution in [1.29, 1.82) is 0 Å². The van der Waals surface area contributed by atoms with Gasteiger partial charge in [-0.05, 0) is 104 Å². The number of aliphatic carboxylic acids is 1. The molecule has 184 valence electrons. The number of rotatable bonds is 5. The Morgan fingerprint density at radius 1 is 1.24 bits per heavy atom. The number of aliphatic hydroxyl groups is 1. The van der Waals surface area contributed by atoms with Crippen molar-refractivity contribution in [1.82, 2.24) is 0 Å². The van der Waals surface area contributed by atoms with Crippen molar-refractivity contribution < 1.29 is 15.0 Å². The summed E-state index contributed by atoms with van der Waals surface area (Å²) >= 11 is 0. The number of carbonyl (C=O) groups is 1. The van der Waals surface area contributed by atoms with Crippen LogP contribution in [-0.4, -0.2) is 22.3 Å². The molecule has 4 aliphatic rings. The summed E-state index contributed by atoms with van der Waals surface area (Å²) in [7, 11) is 0. The van der Waals surface area contributed by atoms with Gasteiger partial charge in [-0.15, -0.1) is 0 Å². The molecule has 0 heterocycles. The van der Waals surface area contributed by atoms with Gasteiger partial charge in [0, 0.05) is 5.57 Å². The highest BCUT2D eigenvalue weighted by atomic mass is 16.4. The fraction of sp³-hybridized carbons (Fsp3) is 0.767. The molecule has 0 bridgehead atoms. The third-order valence-corrected chi connectivity index (χ3v) is 11.1. The van der Waals surface area contributed by atoms with Gasteiger partial charge in [-0.3, -0.25) is 0 Å². The number of hydrogen-bond acceptors (Lipinski definition) is 2. The Bertz CT molecular complexity index is 879. The van der Waals surface area contributed by atoms with Crippen LogP contribution in [0.1, 0.15) is 92.9 Å². The predicted molar refractivity (Wildman–Crippen MR) is 135 cm³/mol. The van der Waals surface area contributed by atoms with E-state index < -0.39 is 5.97 Å². The Morgan fingerprint density at radius 2 is 1.94 bits per heavy atom. The van der Waals surface area contributed by atoms with Crippen molar-refractivity contribution in [2.45, 2.75) is 99.0 Å². The monoisotopic (exact) mass is 454 g/mol. The van der Waals surface area contributed by atoms with E-state index >= 15 is 0 Å². The topological polar surface area (TPSA) is 57.5 Å². The van der Waals surface area contributed by atoms with E-state index in [4.69, 9.17) is 11.7 Å². The number of carboxylic acid groups (broad SMARTS) is 1. The molecule has 3 heteroatoms. The minimum absolute atomic E-state index is 0.0392. The molecule has 8 atom stereocenters. The van der Waals surface area contributed by atoms with E-state index in [1.807, 2.05) is 6.08 Å². The van der Waals surface area contributed by atoms with Crippen molar-refractivity contribution in [2.24, 2.45) is 45.8 Å². The van der Waals surface area contributed by atoms with E-state index in [-0.39, 0.29) is 22.3 Å². The van der Waals surface area contributed by atoms with Crippen molar-refractivity contribution in [2.75, 3.05) is 0 Å². The Balaban J connectivity index is 1.58. The standard InChI is InChI=1S/C30H46O3/c1-18(9-8-10-19(2)27(32)33)21-13-15-30(7)22-11-12-24-28(4,5)25(31)14-16-29(24,6)23(22)17-20(3)26(21)30/h10-11,18,21,23-26,31H,3,8-9,12-17H2,1-2,4-7H3,(H,32,33). The molecule has 8 unspecified atom stereocenters. The lowest BCUT2D eigenvalue weighted by atomic mass is 9.42. The van der Waals surface area contributed by atoms with Crippen LogP contribution in [0.4, 0.5) is 0 Å². The molecule has 33 heavy (non-hydrogen) atoms. The molecule has 0 radical (unpaired) electrons. The van der Waals surface area contributed by atoms with E-state index in [1.54, 1.807) is 12.5 Å². The zero-order valence-corrected chi connectivity index (χ0v) is 21.8. The lowest BCUT2D eigenvalue weighted by Crippen LogP contribution is -2.56. The van der Waals surface area contributed by atoms with Gasteiger partial charge < -0.3 is 10.2 Å². The molecule has 0 spiro atoms. The summed E-state index contributed by atoms with van der Waals surface area (Å²) in [6.45, 7) is 18.4. The lowest BCUT2D eigenvalue weighted by molar-refractivity contribution is -0.132. The van der Waals surface area contributed by atoms with Crippen LogP contribution in [0.5, 0.6) is 0 Å². The molecule has 2 N–H and O–H groups in total. The average Bonchev–Trinajstić information content (AvgIpc) is 3.11. The summed E-state index contributed by atoms with van der Waals surface area (Å²) in [6, 6.07) is 0. The van der Waals surface area contributed by atoms with Gasteiger partial charge in [-0.1, -0.05) is 64.5 Å². The Kier molecular flexibility index (Phi) is 6.30. The Labute approximate surface area is 201 Å². The van der Waals surface area contributed by atoms with Gasteiger partial charge in [0.2, 0.25) is 0 Å². The molecule has 3 nitrogen and oxygen atoms in total. The molecule has 4 aliphatic carbocycles. The number of carboxylic acids is 1. The van der Waals surface area contributed by atoms with E-state index in [0.29, 0.717) is 35.2 Å². The summed E-state index contributed by atoms with van der Waals surface area (Å²) in [5.74, 6) is 2.03. The quantitative estimate of drug-likeness (QED) is 0.342.